The number of allylic oxidation sites excluding steroid dienone is 1. The van der Waals surface area contributed by atoms with E-state index in [1.807, 2.05) is 68.5 Å². The first-order valence-corrected chi connectivity index (χ1v) is 17.0. The third-order valence-electron chi connectivity index (χ3n) is 8.01. The van der Waals surface area contributed by atoms with Gasteiger partial charge in [0.2, 0.25) is 5.70 Å². The van der Waals surface area contributed by atoms with Gasteiger partial charge in [-0.15, -0.1) is 11.3 Å². The second-order valence-electron chi connectivity index (χ2n) is 11.9. The van der Waals surface area contributed by atoms with Gasteiger partial charge in [-0.25, -0.2) is 4.85 Å². The van der Waals surface area contributed by atoms with Crippen molar-refractivity contribution in [3.63, 3.8) is 0 Å². The van der Waals surface area contributed by atoms with Gasteiger partial charge in [0.1, 0.15) is 35.8 Å². The molecular formula is C40H42N4O3S. The van der Waals surface area contributed by atoms with Gasteiger partial charge in [0.15, 0.2) is 11.3 Å². The zero-order chi connectivity index (χ0) is 34.5. The molecule has 0 unspecified atom stereocenters. The number of hydrogen-bond acceptors (Lipinski definition) is 7. The Morgan fingerprint density at radius 3 is 2.17 bits per heavy atom. The van der Waals surface area contributed by atoms with Crippen LogP contribution in [0.3, 0.4) is 0 Å². The molecule has 8 heteroatoms. The molecule has 0 fully saturated rings. The lowest BCUT2D eigenvalue weighted by molar-refractivity contribution is 0.0954. The van der Waals surface area contributed by atoms with E-state index in [1.165, 1.54) is 5.69 Å². The second kappa shape index (κ2) is 17.1. The van der Waals surface area contributed by atoms with Crippen LogP contribution in [-0.4, -0.2) is 25.8 Å². The summed E-state index contributed by atoms with van der Waals surface area (Å²) in [5, 5.41) is 18.7. The summed E-state index contributed by atoms with van der Waals surface area (Å²) in [6.45, 7) is 18.3. The number of rotatable bonds is 15. The molecule has 0 saturated heterocycles. The number of nitrogens with zero attached hydrogens (tertiary/aromatic N) is 4. The molecule has 3 aromatic rings. The van der Waals surface area contributed by atoms with Gasteiger partial charge in [0.05, 0.1) is 13.7 Å². The molecule has 246 valence electrons. The van der Waals surface area contributed by atoms with Crippen LogP contribution in [0.15, 0.2) is 83.3 Å². The van der Waals surface area contributed by atoms with Crippen LogP contribution in [0.25, 0.3) is 23.1 Å². The van der Waals surface area contributed by atoms with E-state index in [1.54, 1.807) is 18.4 Å². The van der Waals surface area contributed by atoms with Crippen LogP contribution in [0, 0.1) is 29.2 Å². The number of benzene rings is 2. The van der Waals surface area contributed by atoms with Gasteiger partial charge in [-0.3, -0.25) is 0 Å². The molecule has 48 heavy (non-hydrogen) atoms. The summed E-state index contributed by atoms with van der Waals surface area (Å²) in [7, 11) is 1.66. The lowest BCUT2D eigenvalue weighted by Crippen LogP contribution is -2.25. The first-order chi connectivity index (χ1) is 23.3. The highest BCUT2D eigenvalue weighted by atomic mass is 32.1. The van der Waals surface area contributed by atoms with Gasteiger partial charge in [-0.05, 0) is 86.9 Å². The normalized spacial score (nSPS) is 13.7. The van der Waals surface area contributed by atoms with Gasteiger partial charge in [0.25, 0.3) is 0 Å². The maximum Gasteiger partial charge on any atom is 0.237 e. The Bertz CT molecular complexity index is 1800. The predicted molar refractivity (Wildman–Crippen MR) is 195 cm³/mol. The number of nitriles is 2. The number of anilines is 1. The Hall–Kier alpha value is -5.23. The Balaban J connectivity index is 1.60. The highest BCUT2D eigenvalue weighted by Crippen LogP contribution is 2.41. The van der Waals surface area contributed by atoms with Crippen molar-refractivity contribution >= 4 is 35.3 Å². The fourth-order valence-electron chi connectivity index (χ4n) is 5.27. The van der Waals surface area contributed by atoms with Crippen LogP contribution in [0.4, 0.5) is 5.69 Å². The third-order valence-corrected chi connectivity index (χ3v) is 9.02. The van der Waals surface area contributed by atoms with E-state index >= 15 is 0 Å². The standard InChI is InChI=1S/C40H42N4O3S/c1-7-9-23-44(24-10-8-2)32-15-13-30(37(25-32)46-28-29-11-16-33(45-6)17-12-29)14-18-34-19-20-35(48-34)21-22-36-38(43-5)39(31(26-41)27-42)47-40(36,3)4/h11-22,25H,7-10,23-24,28H2,1-4,6H3/b18-14+,22-21+. The summed E-state index contributed by atoms with van der Waals surface area (Å²) in [5.41, 5.74) is 3.00. The van der Waals surface area contributed by atoms with E-state index < -0.39 is 5.60 Å². The Morgan fingerprint density at radius 2 is 1.58 bits per heavy atom. The van der Waals surface area contributed by atoms with Gasteiger partial charge < -0.3 is 19.1 Å². The van der Waals surface area contributed by atoms with E-state index in [4.69, 9.17) is 20.8 Å². The molecule has 1 aliphatic rings. The number of ether oxygens (including phenoxy) is 3. The average Bonchev–Trinajstić information content (AvgIpc) is 3.66. The zero-order valence-electron chi connectivity index (χ0n) is 28.4. The van der Waals surface area contributed by atoms with Crippen molar-refractivity contribution < 1.29 is 14.2 Å². The van der Waals surface area contributed by atoms with Gasteiger partial charge in [-0.2, -0.15) is 10.5 Å². The van der Waals surface area contributed by atoms with Crippen molar-refractivity contribution in [3.8, 4) is 23.6 Å². The minimum absolute atomic E-state index is 0.0457. The molecule has 0 saturated carbocycles. The Kier molecular flexibility index (Phi) is 12.7. The van der Waals surface area contributed by atoms with E-state index in [0.29, 0.717) is 12.2 Å². The van der Waals surface area contributed by atoms with Crippen molar-refractivity contribution in [2.75, 3.05) is 25.1 Å². The topological polar surface area (TPSA) is 82.9 Å². The van der Waals surface area contributed by atoms with E-state index in [2.05, 4.69) is 60.0 Å². The molecule has 1 aromatic heterocycles. The first-order valence-electron chi connectivity index (χ1n) is 16.2. The number of unbranched alkanes of at least 4 members (excludes halogenated alkanes) is 2. The fraction of sp³-hybridized carbons (Fsp3) is 0.325. The highest BCUT2D eigenvalue weighted by molar-refractivity contribution is 7.13. The maximum atomic E-state index is 9.34. The maximum absolute atomic E-state index is 9.34. The molecule has 1 aliphatic heterocycles. The van der Waals surface area contributed by atoms with Crippen molar-refractivity contribution in [2.45, 2.75) is 65.6 Å². The minimum atomic E-state index is -0.846. The van der Waals surface area contributed by atoms with Crippen molar-refractivity contribution in [1.29, 1.82) is 10.5 Å². The predicted octanol–water partition coefficient (Wildman–Crippen LogP) is 10.2. The number of hydrogen-bond donors (Lipinski definition) is 0. The third kappa shape index (κ3) is 8.97. The molecule has 0 amide bonds. The molecule has 2 aromatic carbocycles. The van der Waals surface area contributed by atoms with Crippen LogP contribution in [0.2, 0.25) is 0 Å². The van der Waals surface area contributed by atoms with Gasteiger partial charge in [-0.1, -0.05) is 44.9 Å². The molecule has 0 bridgehead atoms. The van der Waals surface area contributed by atoms with Crippen molar-refractivity contribution in [2.24, 2.45) is 0 Å². The quantitative estimate of drug-likeness (QED) is 0.119. The highest BCUT2D eigenvalue weighted by Gasteiger charge is 2.38. The Morgan fingerprint density at radius 1 is 0.938 bits per heavy atom. The summed E-state index contributed by atoms with van der Waals surface area (Å²) < 4.78 is 17.7. The van der Waals surface area contributed by atoms with Crippen LogP contribution >= 0.6 is 11.3 Å². The second-order valence-corrected chi connectivity index (χ2v) is 13.0. The van der Waals surface area contributed by atoms with Crippen LogP contribution in [-0.2, 0) is 11.3 Å². The van der Waals surface area contributed by atoms with Crippen LogP contribution in [0.5, 0.6) is 11.5 Å². The largest absolute Gasteiger partial charge is 0.497 e. The molecule has 0 radical (unpaired) electrons. The smallest absolute Gasteiger partial charge is 0.237 e. The van der Waals surface area contributed by atoms with Crippen LogP contribution < -0.4 is 14.4 Å². The van der Waals surface area contributed by atoms with Gasteiger partial charge >= 0.3 is 0 Å². The molecule has 7 nitrogen and oxygen atoms in total. The summed E-state index contributed by atoms with van der Waals surface area (Å²) in [5.74, 6) is 1.69. The van der Waals surface area contributed by atoms with E-state index in [-0.39, 0.29) is 17.0 Å². The molecule has 2 heterocycles. The molecule has 0 atom stereocenters. The summed E-state index contributed by atoms with van der Waals surface area (Å²) in [4.78, 5) is 8.12. The SMILES string of the molecule is [C-]#[N+]C1=C(/C=C/c2ccc(/C=C/c3ccc(N(CCCC)CCCC)cc3OCc3ccc(OC)cc3)s2)C(C)(C)OC1=C(C#N)C#N. The van der Waals surface area contributed by atoms with Crippen molar-refractivity contribution in [1.82, 2.24) is 0 Å². The lowest BCUT2D eigenvalue weighted by atomic mass is 9.97. The minimum Gasteiger partial charge on any atom is -0.497 e. The molecule has 0 N–H and O–H groups in total. The van der Waals surface area contributed by atoms with E-state index in [9.17, 15) is 10.5 Å². The molecule has 0 spiro atoms. The molecule has 4 rings (SSSR count). The Labute approximate surface area is 289 Å². The number of thiophene rings is 1. The lowest BCUT2D eigenvalue weighted by Gasteiger charge is -2.25. The van der Waals surface area contributed by atoms with Crippen LogP contribution in [0.1, 0.15) is 74.3 Å². The number of methoxy groups -OCH3 is 1. The average molecular weight is 659 g/mol. The molecule has 0 aliphatic carbocycles. The molecular weight excluding hydrogens is 617 g/mol. The van der Waals surface area contributed by atoms with Gasteiger partial charge in [0, 0.05) is 45.7 Å². The van der Waals surface area contributed by atoms with Crippen molar-refractivity contribution in [3.05, 3.63) is 116 Å². The summed E-state index contributed by atoms with van der Waals surface area (Å²) in [6.07, 6.45) is 12.5. The zero-order valence-corrected chi connectivity index (χ0v) is 29.2. The first kappa shape index (κ1) is 35.6. The monoisotopic (exact) mass is 658 g/mol. The fourth-order valence-corrected chi connectivity index (χ4v) is 6.09. The van der Waals surface area contributed by atoms with E-state index in [0.717, 1.165) is 71.2 Å². The summed E-state index contributed by atoms with van der Waals surface area (Å²) in [6, 6.07) is 22.2. The summed E-state index contributed by atoms with van der Waals surface area (Å²) >= 11 is 1.61.